The van der Waals surface area contributed by atoms with Gasteiger partial charge in [-0.3, -0.25) is 19.8 Å². The molecule has 1 aliphatic carbocycles. The molecule has 2 fully saturated rings. The molecule has 12 nitrogen and oxygen atoms in total. The number of rotatable bonds is 12. The van der Waals surface area contributed by atoms with Crippen LogP contribution in [0.1, 0.15) is 61.3 Å². The minimum absolute atomic E-state index is 0.0316. The molecule has 2 aliphatic rings. The van der Waals surface area contributed by atoms with Crippen molar-refractivity contribution in [1.82, 2.24) is 24.2 Å². The van der Waals surface area contributed by atoms with Gasteiger partial charge in [-0.2, -0.15) is 0 Å². The summed E-state index contributed by atoms with van der Waals surface area (Å²) < 4.78 is 35.6. The van der Waals surface area contributed by atoms with Crippen LogP contribution >= 0.6 is 0 Å². The lowest BCUT2D eigenvalue weighted by Gasteiger charge is -2.29. The second-order valence-corrected chi connectivity index (χ2v) is 12.9. The lowest BCUT2D eigenvalue weighted by molar-refractivity contribution is -0.122. The van der Waals surface area contributed by atoms with Crippen LogP contribution in [-0.2, 0) is 14.8 Å². The molecular weight excluding hydrogens is 570 g/mol. The fourth-order valence-corrected chi connectivity index (χ4v) is 6.87. The number of benzene rings is 1. The van der Waals surface area contributed by atoms with Gasteiger partial charge in [0.25, 0.3) is 5.91 Å². The number of carbonyl (C=O) groups excluding carboxylic acids is 2. The largest absolute Gasteiger partial charge is 0.476 e. The topological polar surface area (TPSA) is 162 Å². The van der Waals surface area contributed by atoms with Gasteiger partial charge in [-0.25, -0.2) is 23.1 Å². The molecule has 0 atom stereocenters. The van der Waals surface area contributed by atoms with Crippen molar-refractivity contribution in [3.8, 4) is 5.88 Å². The molecule has 13 heteroatoms. The quantitative estimate of drug-likeness (QED) is 0.264. The van der Waals surface area contributed by atoms with E-state index >= 15 is 0 Å². The number of carbonyl (C=O) groups is 2. The van der Waals surface area contributed by atoms with Crippen molar-refractivity contribution in [2.24, 2.45) is 11.7 Å². The molecule has 1 saturated heterocycles. The number of imidazole rings is 1. The number of anilines is 1. The number of nitrogens with one attached hydrogen (secondary N) is 2. The molecule has 2 aromatic heterocycles. The standard InChI is InChI=1S/C30H39N7O5S/c1-2-13-33-43(40,41)24-8-6-7-22(18-24)29(39)35-30-34-25-20-32-27(42-17-16-36-14-4-3-5-15-36)19-26(25)37(30)23-11-9-21(10-12-23)28(31)38/h2,6-8,18-21,23,33H,1,3-5,9-17H2,(H2,31,38)(H,34,35,39). The van der Waals surface area contributed by atoms with E-state index in [1.807, 2.05) is 10.6 Å². The van der Waals surface area contributed by atoms with Crippen molar-refractivity contribution in [3.05, 3.63) is 54.7 Å². The van der Waals surface area contributed by atoms with Crippen molar-refractivity contribution in [2.45, 2.75) is 55.9 Å². The Balaban J connectivity index is 1.40. The smallest absolute Gasteiger partial charge is 0.258 e. The number of amides is 2. The Morgan fingerprint density at radius 2 is 1.88 bits per heavy atom. The molecule has 2 amide bonds. The summed E-state index contributed by atoms with van der Waals surface area (Å²) in [7, 11) is -3.81. The summed E-state index contributed by atoms with van der Waals surface area (Å²) in [4.78, 5) is 36.7. The number of likely N-dealkylation sites (tertiary alicyclic amines) is 1. The highest BCUT2D eigenvalue weighted by Gasteiger charge is 2.29. The van der Waals surface area contributed by atoms with E-state index < -0.39 is 15.9 Å². The van der Waals surface area contributed by atoms with E-state index in [-0.39, 0.29) is 34.9 Å². The van der Waals surface area contributed by atoms with E-state index in [0.717, 1.165) is 25.2 Å². The van der Waals surface area contributed by atoms with Gasteiger partial charge in [0.1, 0.15) is 12.1 Å². The van der Waals surface area contributed by atoms with Gasteiger partial charge in [0.15, 0.2) is 0 Å². The monoisotopic (exact) mass is 609 g/mol. The van der Waals surface area contributed by atoms with Crippen LogP contribution in [-0.4, -0.2) is 72.5 Å². The van der Waals surface area contributed by atoms with Gasteiger partial charge >= 0.3 is 0 Å². The van der Waals surface area contributed by atoms with E-state index in [0.29, 0.717) is 49.6 Å². The number of aromatic nitrogens is 3. The predicted octanol–water partition coefficient (Wildman–Crippen LogP) is 3.23. The van der Waals surface area contributed by atoms with Crippen LogP contribution in [0.3, 0.4) is 0 Å². The first-order valence-corrected chi connectivity index (χ1v) is 16.3. The highest BCUT2D eigenvalue weighted by Crippen LogP contribution is 2.37. The summed E-state index contributed by atoms with van der Waals surface area (Å²) >= 11 is 0. The summed E-state index contributed by atoms with van der Waals surface area (Å²) in [5.41, 5.74) is 7.08. The molecule has 5 rings (SSSR count). The maximum absolute atomic E-state index is 13.4. The fourth-order valence-electron chi connectivity index (χ4n) is 5.83. The molecule has 1 aliphatic heterocycles. The van der Waals surface area contributed by atoms with Gasteiger partial charge in [0.05, 0.1) is 16.6 Å². The van der Waals surface area contributed by atoms with Gasteiger partial charge in [-0.1, -0.05) is 18.6 Å². The van der Waals surface area contributed by atoms with Crippen LogP contribution < -0.4 is 20.5 Å². The lowest BCUT2D eigenvalue weighted by Crippen LogP contribution is -2.33. The molecular formula is C30H39N7O5S. The van der Waals surface area contributed by atoms with Gasteiger partial charge in [0, 0.05) is 36.7 Å². The number of pyridine rings is 1. The fraction of sp³-hybridized carbons (Fsp3) is 0.467. The van der Waals surface area contributed by atoms with E-state index in [1.54, 1.807) is 12.3 Å². The molecule has 0 spiro atoms. The molecule has 4 N–H and O–H groups in total. The molecule has 3 heterocycles. The van der Waals surface area contributed by atoms with Gasteiger partial charge in [-0.15, -0.1) is 6.58 Å². The number of nitrogens with zero attached hydrogens (tertiary/aromatic N) is 4. The highest BCUT2D eigenvalue weighted by molar-refractivity contribution is 7.89. The molecule has 1 aromatic carbocycles. The Hall–Kier alpha value is -3.81. The number of ether oxygens (including phenoxy) is 1. The molecule has 0 unspecified atom stereocenters. The summed E-state index contributed by atoms with van der Waals surface area (Å²) in [5.74, 6) is -0.200. The summed E-state index contributed by atoms with van der Waals surface area (Å²) in [6, 6.07) is 7.60. The zero-order chi connectivity index (χ0) is 30.4. The minimum atomic E-state index is -3.81. The van der Waals surface area contributed by atoms with Crippen LogP contribution in [0.5, 0.6) is 5.88 Å². The maximum atomic E-state index is 13.4. The Morgan fingerprint density at radius 3 is 2.60 bits per heavy atom. The number of nitrogens with two attached hydrogens (primary N) is 1. The molecule has 230 valence electrons. The second kappa shape index (κ2) is 13.7. The molecule has 0 radical (unpaired) electrons. The number of fused-ring (bicyclic) bond motifs is 1. The summed E-state index contributed by atoms with van der Waals surface area (Å²) in [5, 5.41) is 2.89. The zero-order valence-corrected chi connectivity index (χ0v) is 25.0. The van der Waals surface area contributed by atoms with Crippen LogP contribution in [0.4, 0.5) is 5.95 Å². The van der Waals surface area contributed by atoms with Crippen molar-refractivity contribution < 1.29 is 22.7 Å². The van der Waals surface area contributed by atoms with E-state index in [1.165, 1.54) is 43.5 Å². The van der Waals surface area contributed by atoms with Crippen molar-refractivity contribution >= 4 is 38.8 Å². The summed E-state index contributed by atoms with van der Waals surface area (Å²) in [6.45, 7) is 7.11. The van der Waals surface area contributed by atoms with E-state index in [4.69, 9.17) is 10.5 Å². The number of piperidine rings is 1. The SMILES string of the molecule is C=CCNS(=O)(=O)c1cccc(C(=O)Nc2nc3cnc(OCCN4CCCCC4)cc3n2C2CCC(C(N)=O)CC2)c1. The Labute approximate surface area is 251 Å². The average molecular weight is 610 g/mol. The van der Waals surface area contributed by atoms with Crippen molar-refractivity contribution in [2.75, 3.05) is 38.1 Å². The first kappa shape index (κ1) is 30.6. The summed E-state index contributed by atoms with van der Waals surface area (Å²) in [6.07, 6.45) is 9.39. The second-order valence-electron chi connectivity index (χ2n) is 11.1. The average Bonchev–Trinajstić information content (AvgIpc) is 3.37. The van der Waals surface area contributed by atoms with Gasteiger partial charge in [0.2, 0.25) is 27.8 Å². The minimum Gasteiger partial charge on any atom is -0.476 e. The third-order valence-electron chi connectivity index (χ3n) is 8.17. The molecule has 0 bridgehead atoms. The van der Waals surface area contributed by atoms with E-state index in [9.17, 15) is 18.0 Å². The normalized spacial score (nSPS) is 19.6. The number of primary amides is 1. The van der Waals surface area contributed by atoms with Crippen LogP contribution in [0.2, 0.25) is 0 Å². The van der Waals surface area contributed by atoms with Gasteiger partial charge in [-0.05, 0) is 69.8 Å². The van der Waals surface area contributed by atoms with Crippen LogP contribution in [0.15, 0.2) is 54.1 Å². The van der Waals surface area contributed by atoms with Crippen molar-refractivity contribution in [3.63, 3.8) is 0 Å². The number of hydrogen-bond acceptors (Lipinski definition) is 8. The number of hydrogen-bond donors (Lipinski definition) is 3. The van der Waals surface area contributed by atoms with Crippen LogP contribution in [0, 0.1) is 5.92 Å². The first-order valence-electron chi connectivity index (χ1n) is 14.8. The predicted molar refractivity (Wildman–Crippen MR) is 163 cm³/mol. The lowest BCUT2D eigenvalue weighted by atomic mass is 9.85. The third-order valence-corrected chi connectivity index (χ3v) is 9.59. The number of sulfonamides is 1. The molecule has 43 heavy (non-hydrogen) atoms. The first-order chi connectivity index (χ1) is 20.7. The van der Waals surface area contributed by atoms with E-state index in [2.05, 4.69) is 31.5 Å². The zero-order valence-electron chi connectivity index (χ0n) is 24.2. The highest BCUT2D eigenvalue weighted by atomic mass is 32.2. The third kappa shape index (κ3) is 7.40. The van der Waals surface area contributed by atoms with Gasteiger partial charge < -0.3 is 15.0 Å². The van der Waals surface area contributed by atoms with Crippen LogP contribution in [0.25, 0.3) is 11.0 Å². The molecule has 3 aromatic rings. The Bertz CT molecular complexity index is 1570. The van der Waals surface area contributed by atoms with Crippen molar-refractivity contribution in [1.29, 1.82) is 0 Å². The molecule has 1 saturated carbocycles. The Kier molecular flexibility index (Phi) is 9.73. The maximum Gasteiger partial charge on any atom is 0.258 e. The Morgan fingerprint density at radius 1 is 1.12 bits per heavy atom.